The number of anilines is 1. The molecule has 0 bridgehead atoms. The number of carbonyl (C=O) groups is 1. The van der Waals surface area contributed by atoms with Crippen LogP contribution in [0.4, 0.5) is 14.5 Å². The Morgan fingerprint density at radius 3 is 2.48 bits per heavy atom. The highest BCUT2D eigenvalue weighted by molar-refractivity contribution is 7.89. The summed E-state index contributed by atoms with van der Waals surface area (Å²) >= 11 is 0. The second kappa shape index (κ2) is 9.45. The lowest BCUT2D eigenvalue weighted by molar-refractivity contribution is -0.116. The van der Waals surface area contributed by atoms with Crippen LogP contribution in [0.1, 0.15) is 31.2 Å². The molecule has 29 heavy (non-hydrogen) atoms. The smallest absolute Gasteiger partial charge is 0.257 e. The van der Waals surface area contributed by atoms with Crippen LogP contribution in [-0.2, 0) is 27.8 Å². The SMILES string of the molecule is O=C(CCc1ccc(S(=O)(=O)N2CCCCC2)cc1)Nc1cnn(CC(F)F)c1. The molecule has 7 nitrogen and oxygen atoms in total. The van der Waals surface area contributed by atoms with Gasteiger partial charge in [-0.2, -0.15) is 9.40 Å². The number of aryl methyl sites for hydroxylation is 1. The van der Waals surface area contributed by atoms with E-state index < -0.39 is 23.0 Å². The van der Waals surface area contributed by atoms with Gasteiger partial charge in [0.15, 0.2) is 0 Å². The summed E-state index contributed by atoms with van der Waals surface area (Å²) in [7, 11) is -3.47. The molecule has 0 aliphatic carbocycles. The molecule has 10 heteroatoms. The topological polar surface area (TPSA) is 84.3 Å². The maximum atomic E-state index is 12.6. The van der Waals surface area contributed by atoms with E-state index in [0.29, 0.717) is 25.2 Å². The van der Waals surface area contributed by atoms with Crippen LogP contribution in [0.2, 0.25) is 0 Å². The second-order valence-electron chi connectivity index (χ2n) is 7.00. The van der Waals surface area contributed by atoms with Gasteiger partial charge in [-0.1, -0.05) is 18.6 Å². The first-order valence-corrected chi connectivity index (χ1v) is 11.0. The van der Waals surface area contributed by atoms with Crippen LogP contribution in [0.3, 0.4) is 0 Å². The first-order chi connectivity index (χ1) is 13.8. The van der Waals surface area contributed by atoms with E-state index in [-0.39, 0.29) is 17.2 Å². The minimum absolute atomic E-state index is 0.179. The number of carbonyl (C=O) groups excluding carboxylic acids is 1. The standard InChI is InChI=1S/C19H24F2N4O3S/c20-18(21)14-24-13-16(12-22-24)23-19(26)9-6-15-4-7-17(8-5-15)29(27,28)25-10-2-1-3-11-25/h4-5,7-8,12-13,18H,1-3,6,9-11,14H2,(H,23,26). The number of benzene rings is 1. The number of nitrogens with zero attached hydrogens (tertiary/aromatic N) is 3. The molecule has 0 radical (unpaired) electrons. The average molecular weight is 426 g/mol. The van der Waals surface area contributed by atoms with Crippen molar-refractivity contribution in [3.63, 3.8) is 0 Å². The number of rotatable bonds is 8. The second-order valence-corrected chi connectivity index (χ2v) is 8.94. The summed E-state index contributed by atoms with van der Waals surface area (Å²) in [6.45, 7) is 0.582. The van der Waals surface area contributed by atoms with E-state index in [0.717, 1.165) is 29.5 Å². The summed E-state index contributed by atoms with van der Waals surface area (Å²) < 4.78 is 52.5. The van der Waals surface area contributed by atoms with Gasteiger partial charge in [-0.05, 0) is 37.0 Å². The Morgan fingerprint density at radius 2 is 1.83 bits per heavy atom. The van der Waals surface area contributed by atoms with Gasteiger partial charge in [-0.25, -0.2) is 17.2 Å². The van der Waals surface area contributed by atoms with Crippen LogP contribution in [0.15, 0.2) is 41.6 Å². The van der Waals surface area contributed by atoms with Crippen LogP contribution in [-0.4, -0.2) is 47.9 Å². The minimum atomic E-state index is -3.47. The van der Waals surface area contributed by atoms with Gasteiger partial charge in [0, 0.05) is 25.7 Å². The summed E-state index contributed by atoms with van der Waals surface area (Å²) in [4.78, 5) is 12.3. The van der Waals surface area contributed by atoms with Crippen molar-refractivity contribution in [2.45, 2.75) is 50.0 Å². The fourth-order valence-corrected chi connectivity index (χ4v) is 4.75. The number of nitrogens with one attached hydrogen (secondary N) is 1. The largest absolute Gasteiger partial charge is 0.323 e. The number of hydrogen-bond acceptors (Lipinski definition) is 4. The molecule has 0 atom stereocenters. The number of amides is 1. The Bertz CT molecular complexity index is 923. The third-order valence-corrected chi connectivity index (χ3v) is 6.67. The molecular formula is C19H24F2N4O3S. The van der Waals surface area contributed by atoms with Crippen LogP contribution in [0.5, 0.6) is 0 Å². The van der Waals surface area contributed by atoms with E-state index in [1.807, 2.05) is 0 Å². The van der Waals surface area contributed by atoms with Crippen molar-refractivity contribution in [1.29, 1.82) is 0 Å². The summed E-state index contributed by atoms with van der Waals surface area (Å²) in [5.41, 5.74) is 1.20. The number of alkyl halides is 2. The Morgan fingerprint density at radius 1 is 1.14 bits per heavy atom. The van der Waals surface area contributed by atoms with E-state index in [1.54, 1.807) is 24.3 Å². The first-order valence-electron chi connectivity index (χ1n) is 9.54. The van der Waals surface area contributed by atoms with Crippen molar-refractivity contribution >= 4 is 21.6 Å². The zero-order chi connectivity index (χ0) is 20.9. The predicted molar refractivity (Wildman–Crippen MR) is 104 cm³/mol. The normalized spacial score (nSPS) is 15.6. The van der Waals surface area contributed by atoms with Crippen LogP contribution in [0.25, 0.3) is 0 Å². The number of piperidine rings is 1. The molecule has 0 unspecified atom stereocenters. The highest BCUT2D eigenvalue weighted by Crippen LogP contribution is 2.21. The molecule has 1 aromatic carbocycles. The zero-order valence-corrected chi connectivity index (χ0v) is 16.7. The lowest BCUT2D eigenvalue weighted by Crippen LogP contribution is -2.35. The van der Waals surface area contributed by atoms with Gasteiger partial charge < -0.3 is 5.32 Å². The molecule has 158 valence electrons. The maximum absolute atomic E-state index is 12.6. The molecule has 1 saturated heterocycles. The highest BCUT2D eigenvalue weighted by Gasteiger charge is 2.25. The maximum Gasteiger partial charge on any atom is 0.257 e. The summed E-state index contributed by atoms with van der Waals surface area (Å²) in [5.74, 6) is -0.272. The molecule has 2 heterocycles. The van der Waals surface area contributed by atoms with Crippen molar-refractivity contribution in [2.75, 3.05) is 18.4 Å². The van der Waals surface area contributed by atoms with Crippen molar-refractivity contribution in [3.05, 3.63) is 42.2 Å². The fraction of sp³-hybridized carbons (Fsp3) is 0.474. The molecule has 1 amide bonds. The van der Waals surface area contributed by atoms with Crippen LogP contribution in [0, 0.1) is 0 Å². The first kappa shape index (κ1) is 21.4. The van der Waals surface area contributed by atoms with Gasteiger partial charge in [0.25, 0.3) is 6.43 Å². The molecule has 1 aromatic heterocycles. The summed E-state index contributed by atoms with van der Waals surface area (Å²) in [6.07, 6.45) is 3.59. The van der Waals surface area contributed by atoms with Crippen molar-refractivity contribution in [2.24, 2.45) is 0 Å². The quantitative estimate of drug-likeness (QED) is 0.704. The fourth-order valence-electron chi connectivity index (χ4n) is 3.23. The molecular weight excluding hydrogens is 402 g/mol. The van der Waals surface area contributed by atoms with Gasteiger partial charge in [0.2, 0.25) is 15.9 Å². The van der Waals surface area contributed by atoms with Gasteiger partial charge >= 0.3 is 0 Å². The molecule has 1 N–H and O–H groups in total. The lowest BCUT2D eigenvalue weighted by atomic mass is 10.1. The van der Waals surface area contributed by atoms with Gasteiger partial charge in [-0.3, -0.25) is 9.48 Å². The van der Waals surface area contributed by atoms with Gasteiger partial charge in [0.05, 0.1) is 16.8 Å². The molecule has 0 saturated carbocycles. The van der Waals surface area contributed by atoms with E-state index in [2.05, 4.69) is 10.4 Å². The minimum Gasteiger partial charge on any atom is -0.323 e. The molecule has 3 rings (SSSR count). The number of hydrogen-bond donors (Lipinski definition) is 1. The monoisotopic (exact) mass is 426 g/mol. The highest BCUT2D eigenvalue weighted by atomic mass is 32.2. The number of halogens is 2. The predicted octanol–water partition coefficient (Wildman–Crippen LogP) is 2.89. The third kappa shape index (κ3) is 5.83. The van der Waals surface area contributed by atoms with E-state index in [4.69, 9.17) is 0 Å². The van der Waals surface area contributed by atoms with Crippen molar-refractivity contribution < 1.29 is 22.0 Å². The third-order valence-electron chi connectivity index (χ3n) is 4.76. The molecule has 1 fully saturated rings. The summed E-state index contributed by atoms with van der Waals surface area (Å²) in [5, 5.41) is 6.37. The molecule has 0 spiro atoms. The average Bonchev–Trinajstić information content (AvgIpc) is 3.13. The van der Waals surface area contributed by atoms with Crippen molar-refractivity contribution in [1.82, 2.24) is 14.1 Å². The molecule has 2 aromatic rings. The Kier molecular flexibility index (Phi) is 6.96. The Balaban J connectivity index is 1.52. The molecule has 1 aliphatic heterocycles. The van der Waals surface area contributed by atoms with E-state index in [1.165, 1.54) is 16.7 Å². The van der Waals surface area contributed by atoms with E-state index in [9.17, 15) is 22.0 Å². The van der Waals surface area contributed by atoms with Gasteiger partial charge in [-0.15, -0.1) is 0 Å². The van der Waals surface area contributed by atoms with Gasteiger partial charge in [0.1, 0.15) is 6.54 Å². The Hall–Kier alpha value is -2.33. The van der Waals surface area contributed by atoms with E-state index >= 15 is 0 Å². The van der Waals surface area contributed by atoms with Crippen LogP contribution < -0.4 is 5.32 Å². The lowest BCUT2D eigenvalue weighted by Gasteiger charge is -2.25. The summed E-state index contributed by atoms with van der Waals surface area (Å²) in [6, 6.07) is 6.58. The number of sulfonamides is 1. The zero-order valence-electron chi connectivity index (χ0n) is 15.9. The molecule has 1 aliphatic rings. The van der Waals surface area contributed by atoms with Crippen molar-refractivity contribution in [3.8, 4) is 0 Å². The van der Waals surface area contributed by atoms with Crippen LogP contribution >= 0.6 is 0 Å². The number of aromatic nitrogens is 2. The Labute approximate surface area is 168 Å².